The van der Waals surface area contributed by atoms with E-state index in [1.54, 1.807) is 36.2 Å². The van der Waals surface area contributed by atoms with Crippen LogP contribution in [0.5, 0.6) is 5.75 Å². The predicted molar refractivity (Wildman–Crippen MR) is 149 cm³/mol. The predicted octanol–water partition coefficient (Wildman–Crippen LogP) is 4.36. The van der Waals surface area contributed by atoms with Crippen molar-refractivity contribution >= 4 is 28.7 Å². The maximum absolute atomic E-state index is 14.6. The molecule has 0 unspecified atom stereocenters. The number of benzene rings is 2. The zero-order chi connectivity index (χ0) is 27.8. The third kappa shape index (κ3) is 4.92. The molecule has 0 saturated carbocycles. The highest BCUT2D eigenvalue weighted by Gasteiger charge is 2.30. The van der Waals surface area contributed by atoms with E-state index in [0.29, 0.717) is 47.0 Å². The van der Waals surface area contributed by atoms with E-state index in [1.807, 2.05) is 17.0 Å². The summed E-state index contributed by atoms with van der Waals surface area (Å²) in [5, 5.41) is 7.25. The molecule has 2 saturated heterocycles. The van der Waals surface area contributed by atoms with Gasteiger partial charge in [0.1, 0.15) is 28.9 Å². The molecule has 0 bridgehead atoms. The Morgan fingerprint density at radius 2 is 1.88 bits per heavy atom. The number of anilines is 3. The Balaban J connectivity index is 1.25. The number of likely N-dealkylation sites (N-methyl/N-ethyl adjacent to an activating group) is 1. The lowest BCUT2D eigenvalue weighted by atomic mass is 10.0. The third-order valence-electron chi connectivity index (χ3n) is 7.76. The Morgan fingerprint density at radius 3 is 2.67 bits per heavy atom. The Bertz CT molecular complexity index is 1550. The van der Waals surface area contributed by atoms with Crippen molar-refractivity contribution in [3.8, 4) is 5.75 Å². The van der Waals surface area contributed by atoms with Gasteiger partial charge in [-0.05, 0) is 56.3 Å². The summed E-state index contributed by atoms with van der Waals surface area (Å²) in [4.78, 5) is 24.7. The van der Waals surface area contributed by atoms with Crippen LogP contribution in [0, 0.1) is 11.6 Å². The van der Waals surface area contributed by atoms with E-state index >= 15 is 0 Å². The van der Waals surface area contributed by atoms with Gasteiger partial charge in [-0.2, -0.15) is 5.10 Å². The zero-order valence-corrected chi connectivity index (χ0v) is 22.5. The van der Waals surface area contributed by atoms with Gasteiger partial charge < -0.3 is 24.8 Å². The molecule has 1 N–H and O–H groups in total. The molecule has 6 rings (SSSR count). The quantitative estimate of drug-likeness (QED) is 0.384. The van der Waals surface area contributed by atoms with Gasteiger partial charge in [0.15, 0.2) is 5.65 Å². The Morgan fingerprint density at radius 1 is 1.05 bits per heavy atom. The molecule has 2 aliphatic rings. The van der Waals surface area contributed by atoms with Crippen LogP contribution in [-0.4, -0.2) is 72.3 Å². The van der Waals surface area contributed by atoms with Crippen LogP contribution in [0.25, 0.3) is 5.65 Å². The molecule has 9 nitrogen and oxygen atoms in total. The highest BCUT2D eigenvalue weighted by Crippen LogP contribution is 2.37. The number of carbonyl (C=O) groups excluding carboxylic acids is 1. The second-order valence-electron chi connectivity index (χ2n) is 10.3. The Kier molecular flexibility index (Phi) is 6.97. The second kappa shape index (κ2) is 10.7. The van der Waals surface area contributed by atoms with Crippen molar-refractivity contribution < 1.29 is 18.3 Å². The summed E-state index contributed by atoms with van der Waals surface area (Å²) in [6, 6.07) is 10.6. The molecular formula is C29H31F2N7O2. The summed E-state index contributed by atoms with van der Waals surface area (Å²) in [6.45, 7) is 4.42. The van der Waals surface area contributed by atoms with E-state index in [4.69, 9.17) is 9.72 Å². The summed E-state index contributed by atoms with van der Waals surface area (Å²) < 4.78 is 35.7. The lowest BCUT2D eigenvalue weighted by Crippen LogP contribution is -2.44. The number of halogens is 2. The zero-order valence-electron chi connectivity index (χ0n) is 22.5. The van der Waals surface area contributed by atoms with E-state index in [9.17, 15) is 13.6 Å². The van der Waals surface area contributed by atoms with E-state index in [0.717, 1.165) is 50.4 Å². The van der Waals surface area contributed by atoms with Crippen LogP contribution in [0.2, 0.25) is 0 Å². The van der Waals surface area contributed by atoms with E-state index in [1.165, 1.54) is 6.07 Å². The molecule has 2 aliphatic heterocycles. The number of hydrogen-bond acceptors (Lipinski definition) is 7. The summed E-state index contributed by atoms with van der Waals surface area (Å²) in [7, 11) is 3.66. The lowest BCUT2D eigenvalue weighted by Gasteiger charge is -2.34. The van der Waals surface area contributed by atoms with Crippen molar-refractivity contribution in [1.82, 2.24) is 19.5 Å². The van der Waals surface area contributed by atoms with Crippen molar-refractivity contribution in [2.45, 2.75) is 18.9 Å². The molecule has 0 spiro atoms. The van der Waals surface area contributed by atoms with Gasteiger partial charge in [-0.3, -0.25) is 4.79 Å². The molecule has 0 radical (unpaired) electrons. The van der Waals surface area contributed by atoms with Gasteiger partial charge in [-0.15, -0.1) is 0 Å². The number of ether oxygens (including phenoxy) is 1. The number of nitrogens with one attached hydrogen (secondary N) is 1. The fourth-order valence-corrected chi connectivity index (χ4v) is 5.56. The highest BCUT2D eigenvalue weighted by molar-refractivity contribution is 6.08. The average Bonchev–Trinajstić information content (AvgIpc) is 3.61. The molecule has 208 valence electrons. The van der Waals surface area contributed by atoms with Crippen LogP contribution in [-0.2, 0) is 0 Å². The average molecular weight is 548 g/mol. The minimum atomic E-state index is -0.473. The van der Waals surface area contributed by atoms with Crippen LogP contribution in [0.15, 0.2) is 54.9 Å². The van der Waals surface area contributed by atoms with Crippen molar-refractivity contribution in [3.63, 3.8) is 0 Å². The second-order valence-corrected chi connectivity index (χ2v) is 10.3. The van der Waals surface area contributed by atoms with Crippen molar-refractivity contribution in [2.75, 3.05) is 62.0 Å². The molecule has 40 heavy (non-hydrogen) atoms. The van der Waals surface area contributed by atoms with E-state index in [-0.39, 0.29) is 11.9 Å². The first-order valence-electron chi connectivity index (χ1n) is 13.4. The van der Waals surface area contributed by atoms with E-state index < -0.39 is 11.6 Å². The monoisotopic (exact) mass is 547 g/mol. The first kappa shape index (κ1) is 26.0. The maximum Gasteiger partial charge on any atom is 0.259 e. The molecule has 1 atom stereocenters. The normalized spacial score (nSPS) is 17.9. The van der Waals surface area contributed by atoms with Gasteiger partial charge >= 0.3 is 0 Å². The number of carbonyl (C=O) groups is 1. The standard InChI is InChI=1S/C29H31F2N7O2/c1-35-12-14-36(15-13-35)20-6-7-21(26(17-20)40-2)29(39)33-24-18-32-38-11-9-27(34-28(24)38)37-10-3-4-25(37)22-16-19(30)5-8-23(22)31/h5-9,11,16-18,25H,3-4,10,12-15H2,1-2H3,(H,33,39)/t25-/m1/s1. The Labute approximate surface area is 231 Å². The lowest BCUT2D eigenvalue weighted by molar-refractivity contribution is 0.102. The summed E-state index contributed by atoms with van der Waals surface area (Å²) in [6.07, 6.45) is 4.79. The molecule has 2 fully saturated rings. The van der Waals surface area contributed by atoms with E-state index in [2.05, 4.69) is 27.3 Å². The number of hydrogen-bond donors (Lipinski definition) is 1. The van der Waals surface area contributed by atoms with Crippen LogP contribution in [0.3, 0.4) is 0 Å². The van der Waals surface area contributed by atoms with Crippen molar-refractivity contribution in [2.24, 2.45) is 0 Å². The molecule has 11 heteroatoms. The van der Waals surface area contributed by atoms with Crippen LogP contribution < -0.4 is 19.9 Å². The Hall–Kier alpha value is -4.25. The first-order chi connectivity index (χ1) is 19.4. The first-order valence-corrected chi connectivity index (χ1v) is 13.4. The van der Waals surface area contributed by atoms with Crippen LogP contribution >= 0.6 is 0 Å². The van der Waals surface area contributed by atoms with Crippen molar-refractivity contribution in [3.05, 3.63) is 77.6 Å². The largest absolute Gasteiger partial charge is 0.496 e. The number of amides is 1. The SMILES string of the molecule is COc1cc(N2CCN(C)CC2)ccc1C(=O)Nc1cnn2ccc(N3CCC[C@@H]3c3cc(F)ccc3F)nc12. The number of aromatic nitrogens is 3. The third-order valence-corrected chi connectivity index (χ3v) is 7.76. The number of piperazine rings is 1. The molecule has 0 aliphatic carbocycles. The highest BCUT2D eigenvalue weighted by atomic mass is 19.1. The fraction of sp³-hybridized carbons (Fsp3) is 0.345. The van der Waals surface area contributed by atoms with Crippen LogP contribution in [0.1, 0.15) is 34.8 Å². The van der Waals surface area contributed by atoms with Gasteiger partial charge in [0, 0.05) is 56.2 Å². The van der Waals surface area contributed by atoms with Gasteiger partial charge in [-0.25, -0.2) is 18.3 Å². The van der Waals surface area contributed by atoms with Gasteiger partial charge in [-0.1, -0.05) is 0 Å². The molecule has 4 heterocycles. The molecule has 4 aromatic rings. The summed E-state index contributed by atoms with van der Waals surface area (Å²) in [5.41, 5.74) is 2.61. The minimum Gasteiger partial charge on any atom is -0.496 e. The molecule has 2 aromatic heterocycles. The maximum atomic E-state index is 14.6. The molecule has 2 aromatic carbocycles. The van der Waals surface area contributed by atoms with Crippen molar-refractivity contribution in [1.29, 1.82) is 0 Å². The smallest absolute Gasteiger partial charge is 0.259 e. The van der Waals surface area contributed by atoms with Gasteiger partial charge in [0.05, 0.1) is 24.9 Å². The molecular weight excluding hydrogens is 516 g/mol. The minimum absolute atomic E-state index is 0.313. The van der Waals surface area contributed by atoms with Crippen LogP contribution in [0.4, 0.5) is 26.0 Å². The summed E-state index contributed by atoms with van der Waals surface area (Å²) in [5.74, 6) is -0.173. The number of rotatable bonds is 6. The topological polar surface area (TPSA) is 78.2 Å². The summed E-state index contributed by atoms with van der Waals surface area (Å²) >= 11 is 0. The fourth-order valence-electron chi connectivity index (χ4n) is 5.56. The number of methoxy groups -OCH3 is 1. The number of nitrogens with zero attached hydrogens (tertiary/aromatic N) is 6. The van der Waals surface area contributed by atoms with Gasteiger partial charge in [0.25, 0.3) is 5.91 Å². The van der Waals surface area contributed by atoms with Gasteiger partial charge in [0.2, 0.25) is 0 Å². The number of fused-ring (bicyclic) bond motifs is 1. The molecule has 1 amide bonds.